The summed E-state index contributed by atoms with van der Waals surface area (Å²) < 4.78 is 6.16. The maximum atomic E-state index is 6.16. The van der Waals surface area contributed by atoms with Gasteiger partial charge in [-0.3, -0.25) is 11.3 Å². The second kappa shape index (κ2) is 6.14. The number of hydrogen-bond acceptors (Lipinski definition) is 4. The lowest BCUT2D eigenvalue weighted by Crippen LogP contribution is -2.43. The fraction of sp³-hybridized carbons (Fsp3) is 0.750. The second-order valence-corrected chi connectivity index (χ2v) is 7.25. The third kappa shape index (κ3) is 2.67. The van der Waals surface area contributed by atoms with E-state index in [-0.39, 0.29) is 5.60 Å². The highest BCUT2D eigenvalue weighted by Gasteiger charge is 2.42. The van der Waals surface area contributed by atoms with Crippen LogP contribution in [-0.4, -0.2) is 12.2 Å². The normalized spacial score (nSPS) is 27.0. The standard InChI is InChI=1S/C16H26N2OS/c1-2-12-6-10-20-15(12)14(18-17)13-5-9-19-16(11-13)7-3-4-8-16/h6,10,13-14,18H,2-5,7-9,11,17H2,1H3. The Hall–Kier alpha value is -0.420. The molecule has 1 saturated heterocycles. The Morgan fingerprint density at radius 3 is 3.00 bits per heavy atom. The Labute approximate surface area is 125 Å². The summed E-state index contributed by atoms with van der Waals surface area (Å²) in [5.74, 6) is 6.53. The van der Waals surface area contributed by atoms with Gasteiger partial charge in [0.2, 0.25) is 0 Å². The smallest absolute Gasteiger partial charge is 0.0686 e. The van der Waals surface area contributed by atoms with Gasteiger partial charge in [0.05, 0.1) is 11.6 Å². The minimum atomic E-state index is 0.168. The van der Waals surface area contributed by atoms with E-state index >= 15 is 0 Å². The van der Waals surface area contributed by atoms with Crippen LogP contribution in [-0.2, 0) is 11.2 Å². The van der Waals surface area contributed by atoms with Crippen molar-refractivity contribution in [1.29, 1.82) is 0 Å². The topological polar surface area (TPSA) is 47.3 Å². The summed E-state index contributed by atoms with van der Waals surface area (Å²) in [5.41, 5.74) is 4.73. The van der Waals surface area contributed by atoms with Crippen LogP contribution in [0.15, 0.2) is 11.4 Å². The van der Waals surface area contributed by atoms with Crippen molar-refractivity contribution in [2.45, 2.75) is 63.5 Å². The summed E-state index contributed by atoms with van der Waals surface area (Å²) in [5, 5.41) is 2.20. The van der Waals surface area contributed by atoms with Crippen molar-refractivity contribution in [1.82, 2.24) is 5.43 Å². The molecular weight excluding hydrogens is 268 g/mol. The Morgan fingerprint density at radius 2 is 2.30 bits per heavy atom. The lowest BCUT2D eigenvalue weighted by molar-refractivity contribution is -0.0981. The van der Waals surface area contributed by atoms with Gasteiger partial charge in [-0.2, -0.15) is 0 Å². The predicted octanol–water partition coefficient (Wildman–Crippen LogP) is 3.55. The third-order valence-electron chi connectivity index (χ3n) is 5.14. The van der Waals surface area contributed by atoms with Crippen LogP contribution in [0.3, 0.4) is 0 Å². The first-order valence-electron chi connectivity index (χ1n) is 7.94. The fourth-order valence-corrected chi connectivity index (χ4v) is 5.21. The highest BCUT2D eigenvalue weighted by Crippen LogP contribution is 2.46. The third-order valence-corrected chi connectivity index (χ3v) is 6.18. The number of hydrazine groups is 1. The maximum Gasteiger partial charge on any atom is 0.0686 e. The van der Waals surface area contributed by atoms with Crippen molar-refractivity contribution in [3.05, 3.63) is 21.9 Å². The second-order valence-electron chi connectivity index (χ2n) is 6.30. The summed E-state index contributed by atoms with van der Waals surface area (Å²) in [6, 6.07) is 2.54. The minimum absolute atomic E-state index is 0.168. The van der Waals surface area contributed by atoms with Gasteiger partial charge in [-0.15, -0.1) is 11.3 Å². The molecule has 2 aliphatic rings. The minimum Gasteiger partial charge on any atom is -0.375 e. The molecule has 0 amide bonds. The molecule has 3 N–H and O–H groups in total. The molecule has 3 rings (SSSR count). The molecule has 0 bridgehead atoms. The molecule has 4 heteroatoms. The molecule has 112 valence electrons. The maximum absolute atomic E-state index is 6.16. The molecule has 0 radical (unpaired) electrons. The van der Waals surface area contributed by atoms with E-state index in [1.165, 1.54) is 42.5 Å². The van der Waals surface area contributed by atoms with Gasteiger partial charge in [0.1, 0.15) is 0 Å². The average molecular weight is 294 g/mol. The van der Waals surface area contributed by atoms with E-state index in [4.69, 9.17) is 10.6 Å². The highest BCUT2D eigenvalue weighted by atomic mass is 32.1. The van der Waals surface area contributed by atoms with Crippen molar-refractivity contribution in [2.75, 3.05) is 6.61 Å². The van der Waals surface area contributed by atoms with Crippen molar-refractivity contribution in [2.24, 2.45) is 11.8 Å². The quantitative estimate of drug-likeness (QED) is 0.659. The first kappa shape index (κ1) is 14.5. The molecule has 1 aliphatic heterocycles. The largest absolute Gasteiger partial charge is 0.375 e. The molecule has 0 aromatic carbocycles. The Kier molecular flexibility index (Phi) is 4.46. The van der Waals surface area contributed by atoms with Crippen LogP contribution in [0.25, 0.3) is 0 Å². The zero-order valence-corrected chi connectivity index (χ0v) is 13.2. The van der Waals surface area contributed by atoms with E-state index in [2.05, 4.69) is 23.8 Å². The Balaban J connectivity index is 1.78. The number of thiophene rings is 1. The molecule has 2 atom stereocenters. The van der Waals surface area contributed by atoms with Gasteiger partial charge in [-0.1, -0.05) is 19.8 Å². The van der Waals surface area contributed by atoms with Crippen molar-refractivity contribution in [3.8, 4) is 0 Å². The van der Waals surface area contributed by atoms with Gasteiger partial charge >= 0.3 is 0 Å². The van der Waals surface area contributed by atoms with Crippen molar-refractivity contribution in [3.63, 3.8) is 0 Å². The first-order chi connectivity index (χ1) is 9.78. The Bertz CT molecular complexity index is 439. The van der Waals surface area contributed by atoms with Crippen LogP contribution in [0.2, 0.25) is 0 Å². The van der Waals surface area contributed by atoms with Gasteiger partial charge in [0, 0.05) is 11.5 Å². The van der Waals surface area contributed by atoms with Crippen LogP contribution in [0.4, 0.5) is 0 Å². The first-order valence-corrected chi connectivity index (χ1v) is 8.82. The zero-order valence-electron chi connectivity index (χ0n) is 12.4. The van der Waals surface area contributed by atoms with Gasteiger partial charge in [-0.05, 0) is 55.0 Å². The molecule has 1 saturated carbocycles. The van der Waals surface area contributed by atoms with E-state index in [0.29, 0.717) is 12.0 Å². The van der Waals surface area contributed by atoms with Crippen LogP contribution < -0.4 is 11.3 Å². The van der Waals surface area contributed by atoms with E-state index in [1.807, 2.05) is 11.3 Å². The lowest BCUT2D eigenvalue weighted by atomic mass is 9.80. The lowest BCUT2D eigenvalue weighted by Gasteiger charge is -2.41. The van der Waals surface area contributed by atoms with E-state index < -0.39 is 0 Å². The molecule has 20 heavy (non-hydrogen) atoms. The predicted molar refractivity (Wildman–Crippen MR) is 83.6 cm³/mol. The van der Waals surface area contributed by atoms with E-state index in [1.54, 1.807) is 0 Å². The molecule has 1 spiro atoms. The molecule has 2 heterocycles. The highest BCUT2D eigenvalue weighted by molar-refractivity contribution is 7.10. The van der Waals surface area contributed by atoms with Gasteiger partial charge in [-0.25, -0.2) is 0 Å². The van der Waals surface area contributed by atoms with Gasteiger partial charge in [0.25, 0.3) is 0 Å². The van der Waals surface area contributed by atoms with Crippen LogP contribution in [0.1, 0.15) is 61.9 Å². The molecule has 2 fully saturated rings. The fourth-order valence-electron chi connectivity index (χ4n) is 4.06. The summed E-state index contributed by atoms with van der Waals surface area (Å²) in [7, 11) is 0. The van der Waals surface area contributed by atoms with Gasteiger partial charge in [0.15, 0.2) is 0 Å². The number of nitrogens with two attached hydrogens (primary N) is 1. The average Bonchev–Trinajstić information content (AvgIpc) is 3.10. The number of aryl methyl sites for hydroxylation is 1. The van der Waals surface area contributed by atoms with Crippen molar-refractivity contribution < 1.29 is 4.74 Å². The summed E-state index contributed by atoms with van der Waals surface area (Å²) in [6.45, 7) is 3.12. The molecule has 1 aromatic heterocycles. The Morgan fingerprint density at radius 1 is 1.50 bits per heavy atom. The summed E-state index contributed by atoms with van der Waals surface area (Å²) >= 11 is 1.85. The molecule has 3 nitrogen and oxygen atoms in total. The molecule has 1 aromatic rings. The van der Waals surface area contributed by atoms with E-state index in [9.17, 15) is 0 Å². The number of hydrogen-bond donors (Lipinski definition) is 2. The van der Waals surface area contributed by atoms with Crippen LogP contribution in [0.5, 0.6) is 0 Å². The molecule has 1 aliphatic carbocycles. The SMILES string of the molecule is CCc1ccsc1C(NN)C1CCOC2(CCCC2)C1. The summed E-state index contributed by atoms with van der Waals surface area (Å²) in [4.78, 5) is 1.44. The van der Waals surface area contributed by atoms with Crippen LogP contribution >= 0.6 is 11.3 Å². The van der Waals surface area contributed by atoms with Crippen LogP contribution in [0, 0.1) is 5.92 Å². The number of ether oxygens (including phenoxy) is 1. The van der Waals surface area contributed by atoms with E-state index in [0.717, 1.165) is 19.4 Å². The zero-order chi connectivity index (χ0) is 14.0. The monoisotopic (exact) mass is 294 g/mol. The number of rotatable bonds is 4. The van der Waals surface area contributed by atoms with Gasteiger partial charge < -0.3 is 4.74 Å². The van der Waals surface area contributed by atoms with Crippen molar-refractivity contribution >= 4 is 11.3 Å². The summed E-state index contributed by atoms with van der Waals surface area (Å²) in [6.07, 6.45) is 8.52. The molecule has 2 unspecified atom stereocenters. The number of nitrogens with one attached hydrogen (secondary N) is 1. The molecular formula is C16H26N2OS.